The van der Waals surface area contributed by atoms with Crippen molar-refractivity contribution in [3.05, 3.63) is 41.4 Å². The molecule has 1 saturated heterocycles. The highest BCUT2D eigenvalue weighted by molar-refractivity contribution is 6.30. The minimum atomic E-state index is 0.218. The van der Waals surface area contributed by atoms with Gasteiger partial charge in [-0.25, -0.2) is 4.98 Å². The molecule has 2 heterocycles. The molecule has 0 spiro atoms. The molecule has 0 bridgehead atoms. The first-order valence-electron chi connectivity index (χ1n) is 7.13. The lowest BCUT2D eigenvalue weighted by Crippen LogP contribution is -2.33. The lowest BCUT2D eigenvalue weighted by atomic mass is 9.99. The maximum atomic E-state index is 10.8. The fourth-order valence-electron chi connectivity index (χ4n) is 2.57. The Morgan fingerprint density at radius 2 is 2.00 bits per heavy atom. The van der Waals surface area contributed by atoms with Gasteiger partial charge in [0, 0.05) is 16.5 Å². The van der Waals surface area contributed by atoms with E-state index in [2.05, 4.69) is 9.88 Å². The minimum absolute atomic E-state index is 0.218. The summed E-state index contributed by atoms with van der Waals surface area (Å²) in [6.07, 6.45) is 4.67. The van der Waals surface area contributed by atoms with Crippen molar-refractivity contribution >= 4 is 17.9 Å². The summed E-state index contributed by atoms with van der Waals surface area (Å²) < 4.78 is 5.80. The van der Waals surface area contributed by atoms with Gasteiger partial charge in [0.15, 0.2) is 5.76 Å². The molecular weight excluding hydrogens is 288 g/mol. The summed E-state index contributed by atoms with van der Waals surface area (Å²) in [4.78, 5) is 17.4. The van der Waals surface area contributed by atoms with Gasteiger partial charge in [-0.3, -0.25) is 4.90 Å². The normalized spacial score (nSPS) is 17.0. The number of rotatable bonds is 4. The zero-order valence-corrected chi connectivity index (χ0v) is 12.4. The van der Waals surface area contributed by atoms with Crippen LogP contribution in [0.2, 0.25) is 5.02 Å². The van der Waals surface area contributed by atoms with Crippen LogP contribution in [0.4, 0.5) is 0 Å². The second-order valence-electron chi connectivity index (χ2n) is 5.37. The molecule has 1 aliphatic heterocycles. The van der Waals surface area contributed by atoms with Crippen LogP contribution in [0.25, 0.3) is 11.3 Å². The number of benzene rings is 1. The van der Waals surface area contributed by atoms with E-state index in [0.717, 1.165) is 43.5 Å². The van der Waals surface area contributed by atoms with Gasteiger partial charge >= 0.3 is 0 Å². The molecule has 2 aromatic rings. The molecule has 110 valence electrons. The highest BCUT2D eigenvalue weighted by Crippen LogP contribution is 2.23. The molecule has 1 aromatic heterocycles. The number of hydrogen-bond donors (Lipinski definition) is 0. The quantitative estimate of drug-likeness (QED) is 0.812. The summed E-state index contributed by atoms with van der Waals surface area (Å²) in [5.41, 5.74) is 0.970. The zero-order valence-electron chi connectivity index (χ0n) is 11.7. The van der Waals surface area contributed by atoms with E-state index in [0.29, 0.717) is 17.5 Å². The Hall–Kier alpha value is -1.65. The van der Waals surface area contributed by atoms with E-state index >= 15 is 0 Å². The average Bonchev–Trinajstić information content (AvgIpc) is 2.97. The second-order valence-corrected chi connectivity index (χ2v) is 5.81. The van der Waals surface area contributed by atoms with E-state index in [4.69, 9.17) is 16.0 Å². The lowest BCUT2D eigenvalue weighted by molar-refractivity contribution is -0.112. The molecule has 0 N–H and O–H groups in total. The number of likely N-dealkylation sites (tertiary alicyclic amines) is 1. The molecule has 0 radical (unpaired) electrons. The number of carbonyl (C=O) groups is 1. The van der Waals surface area contributed by atoms with Gasteiger partial charge in [0.2, 0.25) is 5.89 Å². The summed E-state index contributed by atoms with van der Waals surface area (Å²) in [7, 11) is 0. The first-order chi connectivity index (χ1) is 10.2. The van der Waals surface area contributed by atoms with Crippen LogP contribution < -0.4 is 0 Å². The van der Waals surface area contributed by atoms with Crippen LogP contribution in [0, 0.1) is 5.92 Å². The Morgan fingerprint density at radius 3 is 2.67 bits per heavy atom. The summed E-state index contributed by atoms with van der Waals surface area (Å²) >= 11 is 5.88. The van der Waals surface area contributed by atoms with Crippen LogP contribution in [-0.2, 0) is 11.3 Å². The summed E-state index contributed by atoms with van der Waals surface area (Å²) in [5.74, 6) is 1.68. The van der Waals surface area contributed by atoms with E-state index in [1.54, 1.807) is 6.20 Å². The number of nitrogens with zero attached hydrogens (tertiary/aromatic N) is 2. The van der Waals surface area contributed by atoms with Crippen LogP contribution in [0.5, 0.6) is 0 Å². The maximum Gasteiger partial charge on any atom is 0.209 e. The number of aldehydes is 1. The molecule has 5 heteroatoms. The van der Waals surface area contributed by atoms with E-state index in [9.17, 15) is 4.79 Å². The largest absolute Gasteiger partial charge is 0.439 e. The molecule has 1 aliphatic rings. The van der Waals surface area contributed by atoms with Crippen molar-refractivity contribution < 1.29 is 9.21 Å². The van der Waals surface area contributed by atoms with E-state index in [1.807, 2.05) is 24.3 Å². The van der Waals surface area contributed by atoms with E-state index in [1.165, 1.54) is 0 Å². The van der Waals surface area contributed by atoms with Gasteiger partial charge in [-0.1, -0.05) is 11.6 Å². The predicted octanol–water partition coefficient (Wildman–Crippen LogP) is 3.41. The van der Waals surface area contributed by atoms with Crippen LogP contribution in [0.3, 0.4) is 0 Å². The SMILES string of the molecule is O=CC1CCN(Cc2ncc(-c3ccc(Cl)cc3)o2)CC1. The van der Waals surface area contributed by atoms with Gasteiger partial charge in [0.05, 0.1) is 12.7 Å². The molecule has 0 saturated carbocycles. The average molecular weight is 305 g/mol. The van der Waals surface area contributed by atoms with Gasteiger partial charge in [-0.2, -0.15) is 0 Å². The third kappa shape index (κ3) is 3.52. The monoisotopic (exact) mass is 304 g/mol. The summed E-state index contributed by atoms with van der Waals surface area (Å²) in [6, 6.07) is 7.51. The molecular formula is C16H17ClN2O2. The van der Waals surface area contributed by atoms with Crippen molar-refractivity contribution in [3.8, 4) is 11.3 Å². The third-order valence-corrected chi connectivity index (χ3v) is 4.12. The van der Waals surface area contributed by atoms with Crippen LogP contribution in [0.15, 0.2) is 34.9 Å². The molecule has 0 unspecified atom stereocenters. The fraction of sp³-hybridized carbons (Fsp3) is 0.375. The molecule has 1 fully saturated rings. The van der Waals surface area contributed by atoms with Gasteiger partial charge < -0.3 is 9.21 Å². The number of piperidine rings is 1. The Kier molecular flexibility index (Phi) is 4.36. The standard InChI is InChI=1S/C16H17ClN2O2/c17-14-3-1-13(2-4-14)15-9-18-16(21-15)10-19-7-5-12(11-20)6-8-19/h1-4,9,11-12H,5-8,10H2. The summed E-state index contributed by atoms with van der Waals surface area (Å²) in [5, 5.41) is 0.705. The molecule has 1 aromatic carbocycles. The van der Waals surface area contributed by atoms with Crippen molar-refractivity contribution in [1.29, 1.82) is 0 Å². The van der Waals surface area contributed by atoms with Crippen LogP contribution in [0.1, 0.15) is 18.7 Å². The van der Waals surface area contributed by atoms with Gasteiger partial charge in [-0.05, 0) is 50.2 Å². The lowest BCUT2D eigenvalue weighted by Gasteiger charge is -2.28. The fourth-order valence-corrected chi connectivity index (χ4v) is 2.70. The number of carbonyl (C=O) groups excluding carboxylic acids is 1. The van der Waals surface area contributed by atoms with Gasteiger partial charge in [0.25, 0.3) is 0 Å². The van der Waals surface area contributed by atoms with Crippen LogP contribution >= 0.6 is 11.6 Å². The Labute approximate surface area is 128 Å². The molecule has 0 amide bonds. The topological polar surface area (TPSA) is 46.3 Å². The second kappa shape index (κ2) is 6.41. The number of oxazole rings is 1. The number of halogens is 1. The third-order valence-electron chi connectivity index (χ3n) is 3.87. The molecule has 4 nitrogen and oxygen atoms in total. The molecule has 0 atom stereocenters. The smallest absolute Gasteiger partial charge is 0.209 e. The highest BCUT2D eigenvalue weighted by Gasteiger charge is 2.20. The number of hydrogen-bond acceptors (Lipinski definition) is 4. The predicted molar refractivity (Wildman–Crippen MR) is 81.0 cm³/mol. The zero-order chi connectivity index (χ0) is 14.7. The number of aromatic nitrogens is 1. The molecule has 0 aliphatic carbocycles. The van der Waals surface area contributed by atoms with Crippen molar-refractivity contribution in [2.75, 3.05) is 13.1 Å². The Bertz CT molecular complexity index is 601. The first-order valence-corrected chi connectivity index (χ1v) is 7.50. The van der Waals surface area contributed by atoms with Gasteiger partial charge in [-0.15, -0.1) is 0 Å². The van der Waals surface area contributed by atoms with Crippen LogP contribution in [-0.4, -0.2) is 29.3 Å². The first kappa shape index (κ1) is 14.3. The van der Waals surface area contributed by atoms with Crippen molar-refractivity contribution in [1.82, 2.24) is 9.88 Å². The molecule has 3 rings (SSSR count). The minimum Gasteiger partial charge on any atom is -0.439 e. The maximum absolute atomic E-state index is 10.8. The van der Waals surface area contributed by atoms with Crippen molar-refractivity contribution in [2.24, 2.45) is 5.92 Å². The van der Waals surface area contributed by atoms with Crippen molar-refractivity contribution in [2.45, 2.75) is 19.4 Å². The highest BCUT2D eigenvalue weighted by atomic mass is 35.5. The van der Waals surface area contributed by atoms with E-state index in [-0.39, 0.29) is 5.92 Å². The molecule has 21 heavy (non-hydrogen) atoms. The Balaban J connectivity index is 1.63. The summed E-state index contributed by atoms with van der Waals surface area (Å²) in [6.45, 7) is 2.53. The Morgan fingerprint density at radius 1 is 1.29 bits per heavy atom. The van der Waals surface area contributed by atoms with E-state index < -0.39 is 0 Å². The van der Waals surface area contributed by atoms with Crippen molar-refractivity contribution in [3.63, 3.8) is 0 Å². The van der Waals surface area contributed by atoms with Gasteiger partial charge in [0.1, 0.15) is 6.29 Å².